The number of methoxy groups -OCH3 is 1. The van der Waals surface area contributed by atoms with Crippen molar-refractivity contribution >= 4 is 11.6 Å². The van der Waals surface area contributed by atoms with Gasteiger partial charge in [0.05, 0.1) is 12.8 Å². The average Bonchev–Trinajstić information content (AvgIpc) is 2.38. The fraction of sp³-hybridized carbons (Fsp3) is 0.562. The summed E-state index contributed by atoms with van der Waals surface area (Å²) in [6.07, 6.45) is 0.455. The Labute approximate surface area is 121 Å². The molecule has 1 amide bonds. The first-order valence-corrected chi connectivity index (χ1v) is 7.07. The van der Waals surface area contributed by atoms with Crippen LogP contribution in [0.15, 0.2) is 18.2 Å². The first-order valence-electron chi connectivity index (χ1n) is 7.07. The molecular weight excluding hydrogens is 252 g/mol. The Balaban J connectivity index is 2.83. The molecule has 0 unspecified atom stereocenters. The van der Waals surface area contributed by atoms with E-state index in [2.05, 4.69) is 31.4 Å². The van der Waals surface area contributed by atoms with E-state index in [9.17, 15) is 4.79 Å². The predicted molar refractivity (Wildman–Crippen MR) is 83.5 cm³/mol. The molecular formula is C16H26N2O2. The molecule has 4 heteroatoms. The summed E-state index contributed by atoms with van der Waals surface area (Å²) < 4.78 is 5.31. The maximum Gasteiger partial charge on any atom is 0.225 e. The van der Waals surface area contributed by atoms with E-state index in [0.29, 0.717) is 18.7 Å². The minimum atomic E-state index is -0.00434. The van der Waals surface area contributed by atoms with Crippen molar-refractivity contribution in [3.8, 4) is 5.75 Å². The van der Waals surface area contributed by atoms with Gasteiger partial charge in [-0.05, 0) is 29.7 Å². The van der Waals surface area contributed by atoms with Crippen molar-refractivity contribution in [3.63, 3.8) is 0 Å². The Morgan fingerprint density at radius 2 is 2.00 bits per heavy atom. The number of rotatable bonds is 6. The van der Waals surface area contributed by atoms with Crippen molar-refractivity contribution in [1.29, 1.82) is 0 Å². The van der Waals surface area contributed by atoms with Gasteiger partial charge in [-0.3, -0.25) is 4.79 Å². The number of hydrogen-bond donors (Lipinski definition) is 2. The summed E-state index contributed by atoms with van der Waals surface area (Å²) in [7, 11) is 1.61. The molecule has 4 nitrogen and oxygen atoms in total. The molecule has 1 aromatic carbocycles. The Morgan fingerprint density at radius 3 is 2.55 bits per heavy atom. The maximum atomic E-state index is 11.9. The smallest absolute Gasteiger partial charge is 0.225 e. The van der Waals surface area contributed by atoms with E-state index < -0.39 is 0 Å². The van der Waals surface area contributed by atoms with Crippen LogP contribution in [0.25, 0.3) is 0 Å². The maximum absolute atomic E-state index is 11.9. The second kappa shape index (κ2) is 7.29. The van der Waals surface area contributed by atoms with E-state index in [1.54, 1.807) is 7.11 Å². The van der Waals surface area contributed by atoms with Crippen molar-refractivity contribution in [1.82, 2.24) is 5.32 Å². The molecule has 0 radical (unpaired) electrons. The molecule has 0 atom stereocenters. The summed E-state index contributed by atoms with van der Waals surface area (Å²) in [5, 5.41) is 6.07. The second-order valence-electron chi connectivity index (χ2n) is 5.82. The van der Waals surface area contributed by atoms with Crippen LogP contribution in [-0.4, -0.2) is 26.1 Å². The van der Waals surface area contributed by atoms with E-state index in [1.807, 2.05) is 25.1 Å². The molecule has 0 saturated carbocycles. The highest BCUT2D eigenvalue weighted by atomic mass is 16.5. The lowest BCUT2D eigenvalue weighted by Gasteiger charge is -2.21. The van der Waals surface area contributed by atoms with Crippen LogP contribution in [0.1, 0.15) is 39.7 Å². The molecule has 112 valence electrons. The lowest BCUT2D eigenvalue weighted by Crippen LogP contribution is -2.22. The predicted octanol–water partition coefficient (Wildman–Crippen LogP) is 2.93. The van der Waals surface area contributed by atoms with Gasteiger partial charge in [-0.15, -0.1) is 0 Å². The van der Waals surface area contributed by atoms with Crippen LogP contribution in [0.5, 0.6) is 5.75 Å². The lowest BCUT2D eigenvalue weighted by atomic mass is 9.87. The van der Waals surface area contributed by atoms with Gasteiger partial charge in [0.15, 0.2) is 0 Å². The summed E-state index contributed by atoms with van der Waals surface area (Å²) in [6, 6.07) is 5.93. The molecule has 1 aromatic rings. The van der Waals surface area contributed by atoms with Gasteiger partial charge in [-0.2, -0.15) is 0 Å². The Hall–Kier alpha value is -1.55. The van der Waals surface area contributed by atoms with Crippen molar-refractivity contribution in [2.75, 3.05) is 25.5 Å². The molecule has 0 aliphatic rings. The second-order valence-corrected chi connectivity index (χ2v) is 5.82. The molecule has 0 spiro atoms. The number of benzene rings is 1. The molecule has 0 bridgehead atoms. The topological polar surface area (TPSA) is 50.4 Å². The van der Waals surface area contributed by atoms with E-state index >= 15 is 0 Å². The van der Waals surface area contributed by atoms with Crippen molar-refractivity contribution in [2.45, 2.75) is 39.5 Å². The van der Waals surface area contributed by atoms with Gasteiger partial charge >= 0.3 is 0 Å². The third kappa shape index (κ3) is 4.85. The zero-order valence-corrected chi connectivity index (χ0v) is 13.2. The fourth-order valence-corrected chi connectivity index (χ4v) is 1.86. The normalized spacial score (nSPS) is 11.2. The molecule has 0 aromatic heterocycles. The summed E-state index contributed by atoms with van der Waals surface area (Å²) in [6.45, 7) is 10.0. The standard InChI is InChI=1S/C16H26N2O2/c1-6-17-10-9-15(19)18-13-11-12(16(2,3)4)7-8-14(13)20-5/h7-8,11,17H,6,9-10H2,1-5H3,(H,18,19). The molecule has 0 saturated heterocycles. The molecule has 0 fully saturated rings. The van der Waals surface area contributed by atoms with Gasteiger partial charge in [-0.1, -0.05) is 33.8 Å². The number of carbonyl (C=O) groups excluding carboxylic acids is 1. The molecule has 20 heavy (non-hydrogen) atoms. The third-order valence-corrected chi connectivity index (χ3v) is 3.12. The zero-order valence-electron chi connectivity index (χ0n) is 13.2. The minimum absolute atomic E-state index is 0.00434. The average molecular weight is 278 g/mol. The molecule has 0 heterocycles. The third-order valence-electron chi connectivity index (χ3n) is 3.12. The number of amides is 1. The highest BCUT2D eigenvalue weighted by Crippen LogP contribution is 2.31. The van der Waals surface area contributed by atoms with Crippen molar-refractivity contribution < 1.29 is 9.53 Å². The number of hydrogen-bond acceptors (Lipinski definition) is 3. The highest BCUT2D eigenvalue weighted by molar-refractivity contribution is 5.92. The van der Waals surface area contributed by atoms with Gasteiger partial charge in [-0.25, -0.2) is 0 Å². The van der Waals surface area contributed by atoms with Crippen LogP contribution in [0.3, 0.4) is 0 Å². The number of nitrogens with one attached hydrogen (secondary N) is 2. The van der Waals surface area contributed by atoms with E-state index in [1.165, 1.54) is 5.56 Å². The van der Waals surface area contributed by atoms with Gasteiger partial charge < -0.3 is 15.4 Å². The Kier molecular flexibility index (Phi) is 6.02. The van der Waals surface area contributed by atoms with Gasteiger partial charge in [0.2, 0.25) is 5.91 Å². The van der Waals surface area contributed by atoms with Crippen LogP contribution in [0, 0.1) is 0 Å². The van der Waals surface area contributed by atoms with Gasteiger partial charge in [0.25, 0.3) is 0 Å². The largest absolute Gasteiger partial charge is 0.495 e. The van der Waals surface area contributed by atoms with E-state index in [4.69, 9.17) is 4.74 Å². The molecule has 1 rings (SSSR count). The highest BCUT2D eigenvalue weighted by Gasteiger charge is 2.16. The van der Waals surface area contributed by atoms with Crippen molar-refractivity contribution in [2.24, 2.45) is 0 Å². The lowest BCUT2D eigenvalue weighted by molar-refractivity contribution is -0.116. The summed E-state index contributed by atoms with van der Waals surface area (Å²) >= 11 is 0. The number of anilines is 1. The first kappa shape index (κ1) is 16.5. The van der Waals surface area contributed by atoms with Crippen LogP contribution < -0.4 is 15.4 Å². The zero-order chi connectivity index (χ0) is 15.2. The summed E-state index contributed by atoms with van der Waals surface area (Å²) in [5.74, 6) is 0.685. The summed E-state index contributed by atoms with van der Waals surface area (Å²) in [5.41, 5.74) is 1.94. The SMILES string of the molecule is CCNCCC(=O)Nc1cc(C(C)(C)C)ccc1OC. The monoisotopic (exact) mass is 278 g/mol. The van der Waals surface area contributed by atoms with Crippen LogP contribution in [0.2, 0.25) is 0 Å². The van der Waals surface area contributed by atoms with Crippen molar-refractivity contribution in [3.05, 3.63) is 23.8 Å². The van der Waals surface area contributed by atoms with E-state index in [-0.39, 0.29) is 11.3 Å². The quantitative estimate of drug-likeness (QED) is 0.787. The minimum Gasteiger partial charge on any atom is -0.495 e. The summed E-state index contributed by atoms with van der Waals surface area (Å²) in [4.78, 5) is 11.9. The number of carbonyl (C=O) groups is 1. The van der Waals surface area contributed by atoms with E-state index in [0.717, 1.165) is 12.2 Å². The van der Waals surface area contributed by atoms with Crippen LogP contribution >= 0.6 is 0 Å². The molecule has 0 aliphatic heterocycles. The Bertz CT molecular complexity index is 450. The Morgan fingerprint density at radius 1 is 1.30 bits per heavy atom. The van der Waals surface area contributed by atoms with Gasteiger partial charge in [0, 0.05) is 13.0 Å². The van der Waals surface area contributed by atoms with Crippen LogP contribution in [0.4, 0.5) is 5.69 Å². The first-order chi connectivity index (χ1) is 9.38. The number of ether oxygens (including phenoxy) is 1. The molecule has 0 aliphatic carbocycles. The van der Waals surface area contributed by atoms with Crippen LogP contribution in [-0.2, 0) is 10.2 Å². The fourth-order valence-electron chi connectivity index (χ4n) is 1.86. The van der Waals surface area contributed by atoms with Gasteiger partial charge in [0.1, 0.15) is 5.75 Å². The molecule has 2 N–H and O–H groups in total.